The molecular weight excluding hydrogens is 139 g/mol. The largest absolute Gasteiger partial charge is 0.285 e. The van der Waals surface area contributed by atoms with Gasteiger partial charge in [-0.2, -0.15) is 0 Å². The summed E-state index contributed by atoms with van der Waals surface area (Å²) in [5.74, 6) is 0. The van der Waals surface area contributed by atoms with Crippen LogP contribution in [0, 0.1) is 0 Å². The smallest absolute Gasteiger partial charge is 0.103 e. The summed E-state index contributed by atoms with van der Waals surface area (Å²) in [6.45, 7) is -0.671. The fourth-order valence-electron chi connectivity index (χ4n) is 0.384. The standard InChI is InChI=1S/C4H5N2PS/c1-7(8)6-3-2-5-4-6/h2-4H,1H2. The molecule has 1 unspecified atom stereocenters. The van der Waals surface area contributed by atoms with Crippen molar-refractivity contribution in [2.45, 2.75) is 0 Å². The molecule has 2 nitrogen and oxygen atoms in total. The normalized spacial score (nSPS) is 11.2. The molecule has 1 aromatic heterocycles. The maximum atomic E-state index is 4.88. The van der Waals surface area contributed by atoms with E-state index in [2.05, 4.69) is 11.3 Å². The molecule has 1 heterocycles. The Morgan fingerprint density at radius 2 is 2.50 bits per heavy atom. The first-order chi connectivity index (χ1) is 3.80. The number of aromatic nitrogens is 2. The van der Waals surface area contributed by atoms with Gasteiger partial charge in [0.2, 0.25) is 0 Å². The molecule has 0 aliphatic heterocycles. The maximum Gasteiger partial charge on any atom is 0.103 e. The average molecular weight is 144 g/mol. The molecule has 0 aliphatic carbocycles. The summed E-state index contributed by atoms with van der Waals surface area (Å²) in [4.78, 5) is 3.82. The van der Waals surface area contributed by atoms with Gasteiger partial charge in [-0.3, -0.25) is 4.34 Å². The summed E-state index contributed by atoms with van der Waals surface area (Å²) in [5.41, 5.74) is 0. The van der Waals surface area contributed by atoms with Gasteiger partial charge in [0, 0.05) is 18.9 Å². The molecule has 42 valence electrons. The first kappa shape index (κ1) is 5.73. The minimum absolute atomic E-state index is 0.671. The second-order valence-corrected chi connectivity index (χ2v) is 3.73. The van der Waals surface area contributed by atoms with E-state index in [1.54, 1.807) is 12.5 Å². The second kappa shape index (κ2) is 2.25. The van der Waals surface area contributed by atoms with Crippen LogP contribution < -0.4 is 0 Å². The van der Waals surface area contributed by atoms with Gasteiger partial charge in [0.05, 0.1) is 0 Å². The zero-order chi connectivity index (χ0) is 5.98. The lowest BCUT2D eigenvalue weighted by Crippen LogP contribution is -1.70. The first-order valence-corrected chi connectivity index (χ1v) is 4.56. The predicted octanol–water partition coefficient (Wildman–Crippen LogP) is 1.02. The molecular formula is C4H5N2PS. The molecule has 0 bridgehead atoms. The summed E-state index contributed by atoms with van der Waals surface area (Å²) >= 11 is 4.88. The van der Waals surface area contributed by atoms with Crippen molar-refractivity contribution < 1.29 is 0 Å². The van der Waals surface area contributed by atoms with E-state index in [0.717, 1.165) is 0 Å². The molecule has 8 heavy (non-hydrogen) atoms. The summed E-state index contributed by atoms with van der Waals surface area (Å²) in [5, 5.41) is 0. The lowest BCUT2D eigenvalue weighted by Gasteiger charge is -1.84. The Hall–Kier alpha value is -0.400. The molecule has 0 aliphatic rings. The van der Waals surface area contributed by atoms with Gasteiger partial charge in [-0.15, -0.1) is 0 Å². The van der Waals surface area contributed by atoms with E-state index in [0.29, 0.717) is 0 Å². The molecule has 0 amide bonds. The minimum Gasteiger partial charge on any atom is -0.285 e. The van der Waals surface area contributed by atoms with Crippen LogP contribution in [-0.2, 0) is 11.8 Å². The Morgan fingerprint density at radius 1 is 1.75 bits per heavy atom. The fraction of sp³-hybridized carbons (Fsp3) is 0. The van der Waals surface area contributed by atoms with Gasteiger partial charge in [0.15, 0.2) is 0 Å². The SMILES string of the molecule is C=P(=S)n1ccnc1. The Kier molecular flexibility index (Phi) is 1.61. The first-order valence-electron chi connectivity index (χ1n) is 2.06. The highest BCUT2D eigenvalue weighted by molar-refractivity contribution is 8.03. The monoisotopic (exact) mass is 144 g/mol. The van der Waals surface area contributed by atoms with E-state index in [4.69, 9.17) is 11.8 Å². The molecule has 1 aromatic rings. The van der Waals surface area contributed by atoms with E-state index >= 15 is 0 Å². The number of hydrogen-bond donors (Lipinski definition) is 0. The summed E-state index contributed by atoms with van der Waals surface area (Å²) in [6, 6.07) is 0. The fourth-order valence-corrected chi connectivity index (χ4v) is 1.06. The minimum atomic E-state index is -0.671. The van der Waals surface area contributed by atoms with Crippen LogP contribution in [0.25, 0.3) is 0 Å². The van der Waals surface area contributed by atoms with Crippen molar-refractivity contribution in [3.8, 4) is 0 Å². The second-order valence-electron chi connectivity index (χ2n) is 1.29. The summed E-state index contributed by atoms with van der Waals surface area (Å²) in [7, 11) is 0. The van der Waals surface area contributed by atoms with Crippen LogP contribution >= 0.6 is 6.47 Å². The van der Waals surface area contributed by atoms with Crippen LogP contribution in [-0.4, -0.2) is 15.6 Å². The molecule has 0 N–H and O–H groups in total. The van der Waals surface area contributed by atoms with Gasteiger partial charge >= 0.3 is 0 Å². The van der Waals surface area contributed by atoms with Crippen LogP contribution in [0.5, 0.6) is 0 Å². The number of hydrogen-bond acceptors (Lipinski definition) is 2. The Labute approximate surface area is 53.3 Å². The quantitative estimate of drug-likeness (QED) is 0.548. The molecule has 1 atom stereocenters. The molecule has 0 aromatic carbocycles. The maximum absolute atomic E-state index is 4.88. The van der Waals surface area contributed by atoms with Crippen molar-refractivity contribution in [3.63, 3.8) is 0 Å². The predicted molar refractivity (Wildman–Crippen MR) is 39.0 cm³/mol. The molecule has 0 fully saturated rings. The third-order valence-electron chi connectivity index (χ3n) is 0.748. The third kappa shape index (κ3) is 1.05. The molecule has 0 saturated carbocycles. The van der Waals surface area contributed by atoms with Crippen LogP contribution in [0.3, 0.4) is 0 Å². The van der Waals surface area contributed by atoms with Gasteiger partial charge in [-0.25, -0.2) is 4.98 Å². The van der Waals surface area contributed by atoms with Crippen molar-refractivity contribution in [2.24, 2.45) is 0 Å². The van der Waals surface area contributed by atoms with E-state index in [1.165, 1.54) is 0 Å². The van der Waals surface area contributed by atoms with Crippen molar-refractivity contribution in [3.05, 3.63) is 18.7 Å². The Balaban J connectivity index is 3.11. The van der Waals surface area contributed by atoms with E-state index in [9.17, 15) is 0 Å². The van der Waals surface area contributed by atoms with Crippen molar-refractivity contribution in [1.82, 2.24) is 9.32 Å². The highest BCUT2D eigenvalue weighted by Crippen LogP contribution is 2.04. The topological polar surface area (TPSA) is 17.8 Å². The molecule has 0 radical (unpaired) electrons. The number of nitrogens with zero attached hydrogens (tertiary/aromatic N) is 2. The zero-order valence-corrected chi connectivity index (χ0v) is 5.90. The molecule has 1 rings (SSSR count). The third-order valence-corrected chi connectivity index (χ3v) is 2.07. The van der Waals surface area contributed by atoms with Gasteiger partial charge in [-0.05, 0) is 18.1 Å². The number of imidazole rings is 1. The van der Waals surface area contributed by atoms with Gasteiger partial charge in [-0.1, -0.05) is 0 Å². The van der Waals surface area contributed by atoms with E-state index in [-0.39, 0.29) is 0 Å². The van der Waals surface area contributed by atoms with Crippen molar-refractivity contribution in [2.75, 3.05) is 0 Å². The van der Waals surface area contributed by atoms with Crippen LogP contribution in [0.2, 0.25) is 0 Å². The van der Waals surface area contributed by atoms with Gasteiger partial charge < -0.3 is 0 Å². The summed E-state index contributed by atoms with van der Waals surface area (Å²) in [6.07, 6.45) is 8.90. The van der Waals surface area contributed by atoms with Crippen LogP contribution in [0.1, 0.15) is 0 Å². The highest BCUT2D eigenvalue weighted by atomic mass is 32.4. The van der Waals surface area contributed by atoms with Crippen LogP contribution in [0.4, 0.5) is 0 Å². The van der Waals surface area contributed by atoms with Gasteiger partial charge in [0.1, 0.15) is 6.33 Å². The Morgan fingerprint density at radius 3 is 2.75 bits per heavy atom. The lowest BCUT2D eigenvalue weighted by atomic mass is 11.0. The number of rotatable bonds is 1. The van der Waals surface area contributed by atoms with E-state index < -0.39 is 6.47 Å². The van der Waals surface area contributed by atoms with Crippen molar-refractivity contribution in [1.29, 1.82) is 0 Å². The van der Waals surface area contributed by atoms with Crippen LogP contribution in [0.15, 0.2) is 18.7 Å². The average Bonchev–Trinajstić information content (AvgIpc) is 2.12. The van der Waals surface area contributed by atoms with E-state index in [1.807, 2.05) is 10.5 Å². The Bertz CT molecular complexity index is 216. The molecule has 4 heteroatoms. The van der Waals surface area contributed by atoms with Crippen molar-refractivity contribution >= 4 is 24.6 Å². The molecule has 0 saturated heterocycles. The summed E-state index contributed by atoms with van der Waals surface area (Å²) < 4.78 is 1.82. The molecule has 0 spiro atoms. The lowest BCUT2D eigenvalue weighted by molar-refractivity contribution is 1.23. The van der Waals surface area contributed by atoms with Gasteiger partial charge in [0.25, 0.3) is 0 Å². The highest BCUT2D eigenvalue weighted by Gasteiger charge is 1.79. The zero-order valence-electron chi connectivity index (χ0n) is 4.19.